The lowest BCUT2D eigenvalue weighted by Gasteiger charge is -2.24. The molecule has 0 amide bonds. The molecule has 0 saturated carbocycles. The minimum absolute atomic E-state index is 0.0276. The Labute approximate surface area is 79.5 Å². The lowest BCUT2D eigenvalue weighted by molar-refractivity contribution is 0.127. The molecule has 0 unspecified atom stereocenters. The summed E-state index contributed by atoms with van der Waals surface area (Å²) in [5.74, 6) is 0. The highest BCUT2D eigenvalue weighted by Crippen LogP contribution is 2.04. The molecule has 1 heterocycles. The fraction of sp³-hybridized carbons (Fsp3) is 0.600. The second kappa shape index (κ2) is 4.44. The van der Waals surface area contributed by atoms with E-state index in [1.165, 1.54) is 5.69 Å². The maximum atomic E-state index is 5.10. The molecule has 0 fully saturated rings. The first-order chi connectivity index (χ1) is 6.14. The van der Waals surface area contributed by atoms with Crippen molar-refractivity contribution in [1.29, 1.82) is 0 Å². The van der Waals surface area contributed by atoms with E-state index >= 15 is 0 Å². The average molecular weight is 182 g/mol. The van der Waals surface area contributed by atoms with Gasteiger partial charge in [-0.1, -0.05) is 0 Å². The normalized spacial score (nSPS) is 11.9. The zero-order valence-electron chi connectivity index (χ0n) is 8.55. The van der Waals surface area contributed by atoms with Gasteiger partial charge < -0.3 is 15.0 Å². The number of aromatic nitrogens is 1. The van der Waals surface area contributed by atoms with Gasteiger partial charge in [0, 0.05) is 31.1 Å². The first-order valence-electron chi connectivity index (χ1n) is 4.50. The summed E-state index contributed by atoms with van der Waals surface area (Å²) in [6, 6.07) is 4.07. The maximum Gasteiger partial charge on any atom is 0.0639 e. The van der Waals surface area contributed by atoms with Crippen LogP contribution >= 0.6 is 0 Å². The SMILES string of the molecule is COCC(C)(C)NCc1ccc[nH]1. The second-order valence-electron chi connectivity index (χ2n) is 3.87. The molecule has 1 aromatic rings. The molecule has 74 valence electrons. The molecule has 0 aliphatic rings. The number of hydrogen-bond donors (Lipinski definition) is 2. The fourth-order valence-corrected chi connectivity index (χ4v) is 1.22. The Morgan fingerprint density at radius 3 is 2.85 bits per heavy atom. The first-order valence-corrected chi connectivity index (χ1v) is 4.50. The Hall–Kier alpha value is -0.800. The van der Waals surface area contributed by atoms with Crippen molar-refractivity contribution in [3.05, 3.63) is 24.0 Å². The molecule has 1 aromatic heterocycles. The predicted octanol–water partition coefficient (Wildman–Crippen LogP) is 1.53. The highest BCUT2D eigenvalue weighted by Gasteiger charge is 2.15. The van der Waals surface area contributed by atoms with Gasteiger partial charge in [0.25, 0.3) is 0 Å². The zero-order chi connectivity index (χ0) is 9.73. The van der Waals surface area contributed by atoms with Crippen LogP contribution in [0.5, 0.6) is 0 Å². The number of H-pyrrole nitrogens is 1. The van der Waals surface area contributed by atoms with E-state index in [4.69, 9.17) is 4.74 Å². The maximum absolute atomic E-state index is 5.10. The quantitative estimate of drug-likeness (QED) is 0.724. The van der Waals surface area contributed by atoms with E-state index in [0.717, 1.165) is 6.54 Å². The van der Waals surface area contributed by atoms with Crippen molar-refractivity contribution in [3.63, 3.8) is 0 Å². The van der Waals surface area contributed by atoms with E-state index in [-0.39, 0.29) is 5.54 Å². The molecule has 0 aliphatic heterocycles. The summed E-state index contributed by atoms with van der Waals surface area (Å²) in [6.07, 6.45) is 1.93. The minimum atomic E-state index is 0.0276. The Bertz CT molecular complexity index is 229. The molecule has 0 saturated heterocycles. The molecule has 3 heteroatoms. The van der Waals surface area contributed by atoms with Crippen LogP contribution in [-0.4, -0.2) is 24.2 Å². The molecular weight excluding hydrogens is 164 g/mol. The van der Waals surface area contributed by atoms with E-state index in [1.807, 2.05) is 12.3 Å². The van der Waals surface area contributed by atoms with Gasteiger partial charge >= 0.3 is 0 Å². The number of hydrogen-bond acceptors (Lipinski definition) is 2. The summed E-state index contributed by atoms with van der Waals surface area (Å²) in [5.41, 5.74) is 1.23. The smallest absolute Gasteiger partial charge is 0.0639 e. The Morgan fingerprint density at radius 2 is 2.31 bits per heavy atom. The van der Waals surface area contributed by atoms with Crippen molar-refractivity contribution in [3.8, 4) is 0 Å². The highest BCUT2D eigenvalue weighted by atomic mass is 16.5. The topological polar surface area (TPSA) is 37.0 Å². The van der Waals surface area contributed by atoms with E-state index in [1.54, 1.807) is 7.11 Å². The van der Waals surface area contributed by atoms with Crippen LogP contribution < -0.4 is 5.32 Å². The Morgan fingerprint density at radius 1 is 1.54 bits per heavy atom. The van der Waals surface area contributed by atoms with Crippen LogP contribution in [0.4, 0.5) is 0 Å². The van der Waals surface area contributed by atoms with Crippen molar-refractivity contribution >= 4 is 0 Å². The fourth-order valence-electron chi connectivity index (χ4n) is 1.22. The van der Waals surface area contributed by atoms with Gasteiger partial charge in [0.15, 0.2) is 0 Å². The van der Waals surface area contributed by atoms with Gasteiger partial charge in [-0.05, 0) is 26.0 Å². The second-order valence-corrected chi connectivity index (χ2v) is 3.87. The third-order valence-corrected chi connectivity index (χ3v) is 1.92. The summed E-state index contributed by atoms with van der Waals surface area (Å²) in [6.45, 7) is 5.82. The van der Waals surface area contributed by atoms with Gasteiger partial charge in [-0.2, -0.15) is 0 Å². The third kappa shape index (κ3) is 3.61. The van der Waals surface area contributed by atoms with Gasteiger partial charge in [-0.3, -0.25) is 0 Å². The summed E-state index contributed by atoms with van der Waals surface area (Å²) >= 11 is 0. The number of methoxy groups -OCH3 is 1. The van der Waals surface area contributed by atoms with Gasteiger partial charge in [-0.15, -0.1) is 0 Å². The van der Waals surface area contributed by atoms with Crippen LogP contribution in [0.2, 0.25) is 0 Å². The molecule has 0 atom stereocenters. The summed E-state index contributed by atoms with van der Waals surface area (Å²) in [4.78, 5) is 3.15. The average Bonchev–Trinajstić information content (AvgIpc) is 2.52. The molecule has 0 radical (unpaired) electrons. The van der Waals surface area contributed by atoms with Gasteiger partial charge in [0.1, 0.15) is 0 Å². The molecule has 0 bridgehead atoms. The van der Waals surface area contributed by atoms with Crippen molar-refractivity contribution < 1.29 is 4.74 Å². The molecule has 2 N–H and O–H groups in total. The van der Waals surface area contributed by atoms with E-state index in [9.17, 15) is 0 Å². The Kier molecular flexibility index (Phi) is 3.51. The van der Waals surface area contributed by atoms with E-state index in [0.29, 0.717) is 6.61 Å². The van der Waals surface area contributed by atoms with Gasteiger partial charge in [0.2, 0.25) is 0 Å². The van der Waals surface area contributed by atoms with Crippen LogP contribution in [0.15, 0.2) is 18.3 Å². The van der Waals surface area contributed by atoms with Crippen LogP contribution in [0.1, 0.15) is 19.5 Å². The number of ether oxygens (including phenoxy) is 1. The standard InChI is InChI=1S/C10H18N2O/c1-10(2,8-13-3)12-7-9-5-4-6-11-9/h4-6,11-12H,7-8H2,1-3H3. The summed E-state index contributed by atoms with van der Waals surface area (Å²) in [5, 5.41) is 3.41. The Balaban J connectivity index is 2.33. The van der Waals surface area contributed by atoms with Gasteiger partial charge in [0.05, 0.1) is 6.61 Å². The lowest BCUT2D eigenvalue weighted by atomic mass is 10.1. The highest BCUT2D eigenvalue weighted by molar-refractivity contribution is 5.03. The van der Waals surface area contributed by atoms with Crippen LogP contribution in [0, 0.1) is 0 Å². The zero-order valence-corrected chi connectivity index (χ0v) is 8.55. The van der Waals surface area contributed by atoms with E-state index in [2.05, 4.69) is 30.2 Å². The molecular formula is C10H18N2O. The number of rotatable bonds is 5. The van der Waals surface area contributed by atoms with Crippen molar-refractivity contribution in [2.75, 3.05) is 13.7 Å². The molecule has 13 heavy (non-hydrogen) atoms. The monoisotopic (exact) mass is 182 g/mol. The van der Waals surface area contributed by atoms with Crippen molar-refractivity contribution in [1.82, 2.24) is 10.3 Å². The van der Waals surface area contributed by atoms with E-state index < -0.39 is 0 Å². The minimum Gasteiger partial charge on any atom is -0.383 e. The van der Waals surface area contributed by atoms with Crippen molar-refractivity contribution in [2.24, 2.45) is 0 Å². The molecule has 0 aliphatic carbocycles. The summed E-state index contributed by atoms with van der Waals surface area (Å²) < 4.78 is 5.10. The molecule has 3 nitrogen and oxygen atoms in total. The lowest BCUT2D eigenvalue weighted by Crippen LogP contribution is -2.42. The van der Waals surface area contributed by atoms with Gasteiger partial charge in [-0.25, -0.2) is 0 Å². The molecule has 1 rings (SSSR count). The van der Waals surface area contributed by atoms with Crippen molar-refractivity contribution in [2.45, 2.75) is 25.9 Å². The largest absolute Gasteiger partial charge is 0.383 e. The van der Waals surface area contributed by atoms with Crippen LogP contribution in [-0.2, 0) is 11.3 Å². The predicted molar refractivity (Wildman–Crippen MR) is 53.6 cm³/mol. The van der Waals surface area contributed by atoms with Crippen LogP contribution in [0.25, 0.3) is 0 Å². The molecule has 0 aromatic carbocycles. The molecule has 0 spiro atoms. The van der Waals surface area contributed by atoms with Crippen LogP contribution in [0.3, 0.4) is 0 Å². The number of aromatic amines is 1. The summed E-state index contributed by atoms with van der Waals surface area (Å²) in [7, 11) is 1.72. The number of nitrogens with one attached hydrogen (secondary N) is 2. The third-order valence-electron chi connectivity index (χ3n) is 1.92. The first kappa shape index (κ1) is 10.3.